The maximum atomic E-state index is 11.8. The van der Waals surface area contributed by atoms with Crippen molar-refractivity contribution in [2.75, 3.05) is 0 Å². The quantitative estimate of drug-likeness (QED) is 0.852. The molecule has 0 aliphatic heterocycles. The third-order valence-corrected chi connectivity index (χ3v) is 2.63. The Morgan fingerprint density at radius 3 is 2.72 bits per heavy atom. The summed E-state index contributed by atoms with van der Waals surface area (Å²) in [6.07, 6.45) is 1.16. The molecular formula is C12H12N2O4. The number of aryl methyl sites for hydroxylation is 2. The van der Waals surface area contributed by atoms with Crippen LogP contribution in [0.1, 0.15) is 16.8 Å². The van der Waals surface area contributed by atoms with Crippen molar-refractivity contribution in [2.45, 2.75) is 20.3 Å². The SMILES string of the molecule is Cc1ccoc1-c1nc(C)c(CC(=O)O)c(=O)[nH]1. The summed E-state index contributed by atoms with van der Waals surface area (Å²) in [7, 11) is 0. The summed E-state index contributed by atoms with van der Waals surface area (Å²) in [5.74, 6) is -0.265. The smallest absolute Gasteiger partial charge is 0.308 e. The fourth-order valence-corrected chi connectivity index (χ4v) is 1.69. The highest BCUT2D eigenvalue weighted by Crippen LogP contribution is 2.20. The number of carboxylic acids is 1. The zero-order chi connectivity index (χ0) is 13.3. The summed E-state index contributed by atoms with van der Waals surface area (Å²) >= 11 is 0. The molecule has 0 bridgehead atoms. The number of carboxylic acid groups (broad SMARTS) is 1. The van der Waals surface area contributed by atoms with Crippen LogP contribution < -0.4 is 5.56 Å². The number of aliphatic carboxylic acids is 1. The van der Waals surface area contributed by atoms with Crippen LogP contribution in [-0.2, 0) is 11.2 Å². The van der Waals surface area contributed by atoms with Crippen LogP contribution in [0.25, 0.3) is 11.6 Å². The van der Waals surface area contributed by atoms with E-state index < -0.39 is 11.5 Å². The van der Waals surface area contributed by atoms with Gasteiger partial charge in [0.15, 0.2) is 11.6 Å². The molecule has 2 heterocycles. The van der Waals surface area contributed by atoms with E-state index in [1.807, 2.05) is 6.92 Å². The second-order valence-electron chi connectivity index (χ2n) is 3.98. The standard InChI is InChI=1S/C12H12N2O4/c1-6-3-4-18-10(6)11-13-7(2)8(5-9(15)16)12(17)14-11/h3-4H,5H2,1-2H3,(H,15,16)(H,13,14,17). The maximum absolute atomic E-state index is 11.8. The van der Waals surface area contributed by atoms with Gasteiger partial charge in [0.1, 0.15) is 0 Å². The van der Waals surface area contributed by atoms with Gasteiger partial charge in [-0.05, 0) is 25.5 Å². The number of hydrogen-bond donors (Lipinski definition) is 2. The van der Waals surface area contributed by atoms with E-state index in [1.54, 1.807) is 13.0 Å². The molecule has 0 amide bonds. The molecule has 0 atom stereocenters. The summed E-state index contributed by atoms with van der Waals surface area (Å²) in [6, 6.07) is 1.76. The fourth-order valence-electron chi connectivity index (χ4n) is 1.69. The molecule has 0 aliphatic carbocycles. The molecule has 18 heavy (non-hydrogen) atoms. The molecule has 0 spiro atoms. The fraction of sp³-hybridized carbons (Fsp3) is 0.250. The van der Waals surface area contributed by atoms with Crippen molar-refractivity contribution in [2.24, 2.45) is 0 Å². The Bertz CT molecular complexity index is 654. The molecule has 0 saturated carbocycles. The van der Waals surface area contributed by atoms with E-state index in [-0.39, 0.29) is 12.0 Å². The highest BCUT2D eigenvalue weighted by Gasteiger charge is 2.14. The molecule has 0 aromatic carbocycles. The summed E-state index contributed by atoms with van der Waals surface area (Å²) in [4.78, 5) is 29.2. The molecule has 94 valence electrons. The third kappa shape index (κ3) is 2.17. The lowest BCUT2D eigenvalue weighted by Gasteiger charge is -2.04. The summed E-state index contributed by atoms with van der Waals surface area (Å²) in [5, 5.41) is 8.71. The van der Waals surface area contributed by atoms with Gasteiger partial charge in [-0.1, -0.05) is 0 Å². The molecule has 2 aromatic rings. The number of rotatable bonds is 3. The van der Waals surface area contributed by atoms with E-state index in [1.165, 1.54) is 6.26 Å². The van der Waals surface area contributed by atoms with Crippen LogP contribution in [0.15, 0.2) is 21.5 Å². The number of carbonyl (C=O) groups is 1. The Hall–Kier alpha value is -2.37. The van der Waals surface area contributed by atoms with Gasteiger partial charge in [0.2, 0.25) is 0 Å². The normalized spacial score (nSPS) is 10.6. The minimum atomic E-state index is -1.06. The third-order valence-electron chi connectivity index (χ3n) is 2.63. The van der Waals surface area contributed by atoms with Crippen molar-refractivity contribution in [3.63, 3.8) is 0 Å². The molecule has 0 aliphatic rings. The first-order valence-corrected chi connectivity index (χ1v) is 5.35. The molecular weight excluding hydrogens is 236 g/mol. The van der Waals surface area contributed by atoms with Crippen molar-refractivity contribution < 1.29 is 14.3 Å². The molecule has 2 aromatic heterocycles. The Morgan fingerprint density at radius 1 is 1.50 bits per heavy atom. The van der Waals surface area contributed by atoms with Crippen molar-refractivity contribution in [3.05, 3.63) is 39.5 Å². The van der Waals surface area contributed by atoms with Gasteiger partial charge in [0, 0.05) is 11.3 Å². The number of H-pyrrole nitrogens is 1. The van der Waals surface area contributed by atoms with E-state index in [0.29, 0.717) is 17.3 Å². The van der Waals surface area contributed by atoms with Crippen LogP contribution in [0.5, 0.6) is 0 Å². The maximum Gasteiger partial charge on any atom is 0.308 e. The van der Waals surface area contributed by atoms with Crippen LogP contribution in [-0.4, -0.2) is 21.0 Å². The van der Waals surface area contributed by atoms with Crippen molar-refractivity contribution in [1.82, 2.24) is 9.97 Å². The Kier molecular flexibility index (Phi) is 3.01. The van der Waals surface area contributed by atoms with Gasteiger partial charge >= 0.3 is 5.97 Å². The topological polar surface area (TPSA) is 96.2 Å². The molecule has 0 saturated heterocycles. The average Bonchev–Trinajstić information content (AvgIpc) is 2.69. The molecule has 6 nitrogen and oxygen atoms in total. The Morgan fingerprint density at radius 2 is 2.22 bits per heavy atom. The molecule has 0 fully saturated rings. The monoisotopic (exact) mass is 248 g/mol. The van der Waals surface area contributed by atoms with Gasteiger partial charge in [-0.15, -0.1) is 0 Å². The van der Waals surface area contributed by atoms with Gasteiger partial charge in [-0.3, -0.25) is 9.59 Å². The number of aromatic nitrogens is 2. The van der Waals surface area contributed by atoms with Crippen LogP contribution in [0.3, 0.4) is 0 Å². The highest BCUT2D eigenvalue weighted by molar-refractivity contribution is 5.70. The van der Waals surface area contributed by atoms with Crippen molar-refractivity contribution in [1.29, 1.82) is 0 Å². The zero-order valence-corrected chi connectivity index (χ0v) is 9.98. The predicted molar refractivity (Wildman–Crippen MR) is 63.4 cm³/mol. The average molecular weight is 248 g/mol. The minimum Gasteiger partial charge on any atom is -0.481 e. The number of nitrogens with one attached hydrogen (secondary N) is 1. The van der Waals surface area contributed by atoms with Crippen LogP contribution in [0.4, 0.5) is 0 Å². The van der Waals surface area contributed by atoms with Gasteiger partial charge in [-0.2, -0.15) is 0 Å². The number of aromatic amines is 1. The molecule has 2 N–H and O–H groups in total. The minimum absolute atomic E-state index is 0.162. The second kappa shape index (κ2) is 4.48. The molecule has 6 heteroatoms. The van der Waals surface area contributed by atoms with Crippen molar-refractivity contribution in [3.8, 4) is 11.6 Å². The number of nitrogens with zero attached hydrogens (tertiary/aromatic N) is 1. The number of furan rings is 1. The second-order valence-corrected chi connectivity index (χ2v) is 3.98. The lowest BCUT2D eigenvalue weighted by Crippen LogP contribution is -2.20. The first kappa shape index (κ1) is 12.1. The Labute approximate surface area is 102 Å². The number of hydrogen-bond acceptors (Lipinski definition) is 4. The van der Waals surface area contributed by atoms with Gasteiger partial charge in [0.05, 0.1) is 12.7 Å². The van der Waals surface area contributed by atoms with Gasteiger partial charge in [0.25, 0.3) is 5.56 Å². The molecule has 0 radical (unpaired) electrons. The Balaban J connectivity index is 2.53. The van der Waals surface area contributed by atoms with Crippen LogP contribution in [0, 0.1) is 13.8 Å². The van der Waals surface area contributed by atoms with Crippen LogP contribution >= 0.6 is 0 Å². The van der Waals surface area contributed by atoms with Crippen molar-refractivity contribution >= 4 is 5.97 Å². The van der Waals surface area contributed by atoms with E-state index in [4.69, 9.17) is 9.52 Å². The lowest BCUT2D eigenvalue weighted by atomic mass is 10.1. The predicted octanol–water partition coefficient (Wildman–Crippen LogP) is 1.27. The van der Waals surface area contributed by atoms with Crippen LogP contribution in [0.2, 0.25) is 0 Å². The van der Waals surface area contributed by atoms with E-state index >= 15 is 0 Å². The molecule has 2 rings (SSSR count). The van der Waals surface area contributed by atoms with Gasteiger partial charge in [-0.25, -0.2) is 4.98 Å². The summed E-state index contributed by atoms with van der Waals surface area (Å²) in [6.45, 7) is 3.44. The first-order chi connectivity index (χ1) is 8.49. The highest BCUT2D eigenvalue weighted by atomic mass is 16.4. The van der Waals surface area contributed by atoms with E-state index in [0.717, 1.165) is 5.56 Å². The zero-order valence-electron chi connectivity index (χ0n) is 9.98. The van der Waals surface area contributed by atoms with E-state index in [2.05, 4.69) is 9.97 Å². The molecule has 0 unspecified atom stereocenters. The first-order valence-electron chi connectivity index (χ1n) is 5.35. The summed E-state index contributed by atoms with van der Waals surface area (Å²) in [5.41, 5.74) is 0.960. The lowest BCUT2D eigenvalue weighted by molar-refractivity contribution is -0.136. The van der Waals surface area contributed by atoms with E-state index in [9.17, 15) is 9.59 Å². The summed E-state index contributed by atoms with van der Waals surface area (Å²) < 4.78 is 5.23. The largest absolute Gasteiger partial charge is 0.481 e. The van der Waals surface area contributed by atoms with Gasteiger partial charge < -0.3 is 14.5 Å².